The fourth-order valence-electron chi connectivity index (χ4n) is 0.516. The first-order valence-corrected chi connectivity index (χ1v) is 2.75. The number of aromatic nitrogens is 2. The third-order valence-electron chi connectivity index (χ3n) is 0.922. The van der Waals surface area contributed by atoms with Gasteiger partial charge < -0.3 is 10.3 Å². The molecule has 10 heavy (non-hydrogen) atoms. The summed E-state index contributed by atoms with van der Waals surface area (Å²) in [7, 11) is 0. The van der Waals surface area contributed by atoms with E-state index in [1.165, 1.54) is 0 Å². The van der Waals surface area contributed by atoms with Crippen molar-refractivity contribution in [3.63, 3.8) is 0 Å². The summed E-state index contributed by atoms with van der Waals surface area (Å²) in [4.78, 5) is 3.79. The molecule has 0 spiro atoms. The lowest BCUT2D eigenvalue weighted by atomic mass is 10.4. The molecule has 0 saturated carbocycles. The molecule has 0 unspecified atom stereocenters. The zero-order valence-electron chi connectivity index (χ0n) is 5.24. The van der Waals surface area contributed by atoms with E-state index in [0.717, 1.165) is 0 Å². The molecule has 0 aliphatic rings. The number of nitrogens with zero attached hydrogens (tertiary/aromatic N) is 3. The summed E-state index contributed by atoms with van der Waals surface area (Å²) in [5.41, 5.74) is 5.18. The maximum absolute atomic E-state index is 8.20. The van der Waals surface area contributed by atoms with Gasteiger partial charge in [0.05, 0.1) is 19.0 Å². The molecule has 5 heteroatoms. The SMILES string of the molecule is N#CCc1noc(CN)n1. The molecule has 2 N–H and O–H groups in total. The minimum absolute atomic E-state index is 0.170. The van der Waals surface area contributed by atoms with E-state index in [9.17, 15) is 0 Å². The monoisotopic (exact) mass is 138 g/mol. The Balaban J connectivity index is 2.70. The Labute approximate surface area is 57.4 Å². The maximum atomic E-state index is 8.20. The second-order valence-electron chi connectivity index (χ2n) is 1.64. The number of nitrogens with two attached hydrogens (primary N) is 1. The van der Waals surface area contributed by atoms with E-state index in [1.807, 2.05) is 6.07 Å². The molecule has 0 aliphatic heterocycles. The summed E-state index contributed by atoms with van der Waals surface area (Å²) in [6, 6.07) is 1.90. The van der Waals surface area contributed by atoms with Gasteiger partial charge in [-0.05, 0) is 0 Å². The summed E-state index contributed by atoms with van der Waals surface area (Å²) in [5.74, 6) is 0.758. The standard InChI is InChI=1S/C5H6N4O/c6-2-1-4-8-5(3-7)10-9-4/h1,3,7H2. The second kappa shape index (κ2) is 2.94. The quantitative estimate of drug-likeness (QED) is 0.600. The van der Waals surface area contributed by atoms with E-state index < -0.39 is 0 Å². The summed E-state index contributed by atoms with van der Waals surface area (Å²) in [6.45, 7) is 0.221. The smallest absolute Gasteiger partial charge is 0.240 e. The van der Waals surface area contributed by atoms with Crippen LogP contribution in [0, 0.1) is 11.3 Å². The zero-order chi connectivity index (χ0) is 7.40. The van der Waals surface area contributed by atoms with Crippen molar-refractivity contribution in [3.8, 4) is 6.07 Å². The Morgan fingerprint density at radius 2 is 2.50 bits per heavy atom. The predicted molar refractivity (Wildman–Crippen MR) is 31.5 cm³/mol. The van der Waals surface area contributed by atoms with Crippen LogP contribution in [-0.4, -0.2) is 10.1 Å². The van der Waals surface area contributed by atoms with Gasteiger partial charge in [-0.3, -0.25) is 0 Å². The highest BCUT2D eigenvalue weighted by atomic mass is 16.5. The fourth-order valence-corrected chi connectivity index (χ4v) is 0.516. The van der Waals surface area contributed by atoms with Crippen LogP contribution in [0.3, 0.4) is 0 Å². The molecule has 0 bridgehead atoms. The second-order valence-corrected chi connectivity index (χ2v) is 1.64. The molecule has 0 radical (unpaired) electrons. The Kier molecular flexibility index (Phi) is 1.97. The van der Waals surface area contributed by atoms with Gasteiger partial charge >= 0.3 is 0 Å². The molecule has 0 aromatic carbocycles. The van der Waals surface area contributed by atoms with Crippen LogP contribution in [0.25, 0.3) is 0 Å². The normalized spacial score (nSPS) is 9.20. The molecule has 1 heterocycles. The van der Waals surface area contributed by atoms with E-state index >= 15 is 0 Å². The summed E-state index contributed by atoms with van der Waals surface area (Å²) < 4.78 is 4.63. The third-order valence-corrected chi connectivity index (χ3v) is 0.922. The molecular formula is C5H6N4O. The first kappa shape index (κ1) is 6.71. The lowest BCUT2D eigenvalue weighted by Gasteiger charge is -1.77. The van der Waals surface area contributed by atoms with Crippen LogP contribution >= 0.6 is 0 Å². The molecule has 52 valence electrons. The fraction of sp³-hybridized carbons (Fsp3) is 0.400. The third kappa shape index (κ3) is 1.30. The Hall–Kier alpha value is -1.41. The molecular weight excluding hydrogens is 132 g/mol. The largest absolute Gasteiger partial charge is 0.338 e. The molecule has 1 aromatic heterocycles. The van der Waals surface area contributed by atoms with Crippen molar-refractivity contribution in [2.45, 2.75) is 13.0 Å². The number of nitriles is 1. The van der Waals surface area contributed by atoms with Crippen LogP contribution in [0.5, 0.6) is 0 Å². The van der Waals surface area contributed by atoms with Gasteiger partial charge in [0.15, 0.2) is 5.82 Å². The highest BCUT2D eigenvalue weighted by molar-refractivity contribution is 4.93. The molecule has 0 aliphatic carbocycles. The van der Waals surface area contributed by atoms with E-state index in [2.05, 4.69) is 14.7 Å². The Morgan fingerprint density at radius 1 is 1.70 bits per heavy atom. The Morgan fingerprint density at radius 3 is 3.00 bits per heavy atom. The average molecular weight is 138 g/mol. The van der Waals surface area contributed by atoms with Crippen LogP contribution in [0.15, 0.2) is 4.52 Å². The minimum atomic E-state index is 0.170. The summed E-state index contributed by atoms with van der Waals surface area (Å²) in [5, 5.41) is 11.7. The number of rotatable bonds is 2. The lowest BCUT2D eigenvalue weighted by molar-refractivity contribution is 0.375. The lowest BCUT2D eigenvalue weighted by Crippen LogP contribution is -1.96. The first-order valence-electron chi connectivity index (χ1n) is 2.75. The first-order chi connectivity index (χ1) is 4.86. The van der Waals surface area contributed by atoms with Crippen molar-refractivity contribution >= 4 is 0 Å². The molecule has 1 aromatic rings. The molecule has 0 atom stereocenters. The van der Waals surface area contributed by atoms with Crippen molar-refractivity contribution < 1.29 is 4.52 Å². The van der Waals surface area contributed by atoms with Crippen molar-refractivity contribution in [2.24, 2.45) is 5.73 Å². The van der Waals surface area contributed by atoms with Crippen molar-refractivity contribution in [1.82, 2.24) is 10.1 Å². The van der Waals surface area contributed by atoms with E-state index in [4.69, 9.17) is 11.0 Å². The summed E-state index contributed by atoms with van der Waals surface area (Å²) >= 11 is 0. The number of hydrogen-bond donors (Lipinski definition) is 1. The van der Waals surface area contributed by atoms with Gasteiger partial charge in [-0.2, -0.15) is 10.2 Å². The molecule has 0 fully saturated rings. The van der Waals surface area contributed by atoms with Crippen molar-refractivity contribution in [2.75, 3.05) is 0 Å². The topological polar surface area (TPSA) is 88.7 Å². The van der Waals surface area contributed by atoms with Gasteiger partial charge in [0.2, 0.25) is 5.89 Å². The zero-order valence-corrected chi connectivity index (χ0v) is 5.24. The molecule has 5 nitrogen and oxygen atoms in total. The van der Waals surface area contributed by atoms with Crippen molar-refractivity contribution in [3.05, 3.63) is 11.7 Å². The molecule has 1 rings (SSSR count). The van der Waals surface area contributed by atoms with Crippen LogP contribution in [0.4, 0.5) is 0 Å². The highest BCUT2D eigenvalue weighted by Crippen LogP contribution is 1.94. The van der Waals surface area contributed by atoms with Crippen LogP contribution in [0.1, 0.15) is 11.7 Å². The van der Waals surface area contributed by atoms with Crippen LogP contribution in [-0.2, 0) is 13.0 Å². The summed E-state index contributed by atoms with van der Waals surface area (Å²) in [6.07, 6.45) is 0.170. The van der Waals surface area contributed by atoms with Gasteiger partial charge in [-0.25, -0.2) is 0 Å². The van der Waals surface area contributed by atoms with Gasteiger partial charge in [0, 0.05) is 0 Å². The van der Waals surface area contributed by atoms with E-state index in [-0.39, 0.29) is 13.0 Å². The minimum Gasteiger partial charge on any atom is -0.338 e. The van der Waals surface area contributed by atoms with Crippen molar-refractivity contribution in [1.29, 1.82) is 5.26 Å². The maximum Gasteiger partial charge on any atom is 0.240 e. The average Bonchev–Trinajstić information content (AvgIpc) is 2.37. The Bertz CT molecular complexity index is 248. The molecule has 0 saturated heterocycles. The predicted octanol–water partition coefficient (Wildman–Crippen LogP) is -0.406. The van der Waals surface area contributed by atoms with Gasteiger partial charge in [-0.1, -0.05) is 5.16 Å². The van der Waals surface area contributed by atoms with Gasteiger partial charge in [0.25, 0.3) is 0 Å². The number of hydrogen-bond acceptors (Lipinski definition) is 5. The van der Waals surface area contributed by atoms with E-state index in [0.29, 0.717) is 11.7 Å². The highest BCUT2D eigenvalue weighted by Gasteiger charge is 2.01. The van der Waals surface area contributed by atoms with Crippen LogP contribution in [0.2, 0.25) is 0 Å². The van der Waals surface area contributed by atoms with Gasteiger partial charge in [-0.15, -0.1) is 0 Å². The van der Waals surface area contributed by atoms with Crippen LogP contribution < -0.4 is 5.73 Å². The molecule has 0 amide bonds. The van der Waals surface area contributed by atoms with Gasteiger partial charge in [0.1, 0.15) is 0 Å². The van der Waals surface area contributed by atoms with E-state index in [1.54, 1.807) is 0 Å².